The van der Waals surface area contributed by atoms with E-state index in [9.17, 15) is 36.2 Å². The quantitative estimate of drug-likeness (QED) is 0.675. The molecular weight excluding hydrogens is 318 g/mol. The van der Waals surface area contributed by atoms with Gasteiger partial charge in [0, 0.05) is 11.5 Å². The molecular formula is C12H16F6N2O2. The van der Waals surface area contributed by atoms with Crippen LogP contribution in [-0.4, -0.2) is 48.6 Å². The summed E-state index contributed by atoms with van der Waals surface area (Å²) in [5.41, 5.74) is -1.07. The van der Waals surface area contributed by atoms with Crippen molar-refractivity contribution in [1.29, 1.82) is 0 Å². The zero-order valence-corrected chi connectivity index (χ0v) is 11.4. The summed E-state index contributed by atoms with van der Waals surface area (Å²) >= 11 is 0. The van der Waals surface area contributed by atoms with Crippen LogP contribution in [0.15, 0.2) is 0 Å². The van der Waals surface area contributed by atoms with Gasteiger partial charge in [0.2, 0.25) is 0 Å². The second-order valence-corrected chi connectivity index (χ2v) is 5.92. The number of halogens is 6. The van der Waals surface area contributed by atoms with Gasteiger partial charge in [0.15, 0.2) is 5.92 Å². The largest absolute Gasteiger partial charge is 0.480 e. The van der Waals surface area contributed by atoms with Gasteiger partial charge in [0.25, 0.3) is 0 Å². The number of piperidine rings is 1. The summed E-state index contributed by atoms with van der Waals surface area (Å²) in [5.74, 6) is -4.97. The molecule has 0 bridgehead atoms. The number of hydrogen-bond acceptors (Lipinski definition) is 3. The lowest BCUT2D eigenvalue weighted by atomic mass is 9.71. The molecule has 0 aromatic heterocycles. The number of rotatable bonds is 2. The summed E-state index contributed by atoms with van der Waals surface area (Å²) < 4.78 is 77.0. The van der Waals surface area contributed by atoms with E-state index in [0.29, 0.717) is 13.1 Å². The molecule has 2 fully saturated rings. The first-order valence-corrected chi connectivity index (χ1v) is 6.80. The van der Waals surface area contributed by atoms with Crippen LogP contribution in [0.1, 0.15) is 19.3 Å². The maximum absolute atomic E-state index is 12.8. The molecule has 2 rings (SSSR count). The van der Waals surface area contributed by atoms with Crippen molar-refractivity contribution in [3.63, 3.8) is 0 Å². The maximum Gasteiger partial charge on any atom is 0.401 e. The van der Waals surface area contributed by atoms with Crippen molar-refractivity contribution in [3.8, 4) is 0 Å². The summed E-state index contributed by atoms with van der Waals surface area (Å²) in [6, 6.07) is -3.37. The van der Waals surface area contributed by atoms with Crippen molar-refractivity contribution in [3.05, 3.63) is 0 Å². The highest BCUT2D eigenvalue weighted by Crippen LogP contribution is 2.50. The number of hydrogen-bond donors (Lipinski definition) is 3. The lowest BCUT2D eigenvalue weighted by molar-refractivity contribution is -0.291. The molecule has 0 saturated carbocycles. The molecule has 4 nitrogen and oxygen atoms in total. The number of aliphatic carboxylic acids is 1. The van der Waals surface area contributed by atoms with E-state index in [-0.39, 0.29) is 12.8 Å². The summed E-state index contributed by atoms with van der Waals surface area (Å²) in [4.78, 5) is 11.3. The molecule has 2 aliphatic rings. The molecule has 2 atom stereocenters. The molecule has 0 aromatic rings. The number of nitrogens with one attached hydrogen (secondary N) is 2. The van der Waals surface area contributed by atoms with Crippen LogP contribution < -0.4 is 10.6 Å². The second kappa shape index (κ2) is 5.55. The van der Waals surface area contributed by atoms with Gasteiger partial charge in [0.1, 0.15) is 6.04 Å². The lowest BCUT2D eigenvalue weighted by Gasteiger charge is -2.37. The third-order valence-corrected chi connectivity index (χ3v) is 4.57. The van der Waals surface area contributed by atoms with Crippen LogP contribution in [0.25, 0.3) is 0 Å². The molecule has 0 aromatic carbocycles. The fourth-order valence-corrected chi connectivity index (χ4v) is 3.61. The molecule has 2 aliphatic heterocycles. The van der Waals surface area contributed by atoms with E-state index in [4.69, 9.17) is 0 Å². The normalized spacial score (nSPS) is 29.2. The molecule has 2 saturated heterocycles. The van der Waals surface area contributed by atoms with Gasteiger partial charge in [-0.25, -0.2) is 0 Å². The molecule has 1 spiro atoms. The van der Waals surface area contributed by atoms with Gasteiger partial charge in [-0.1, -0.05) is 0 Å². The minimum atomic E-state index is -5.47. The zero-order chi connectivity index (χ0) is 16.8. The van der Waals surface area contributed by atoms with E-state index in [2.05, 4.69) is 10.6 Å². The lowest BCUT2D eigenvalue weighted by Crippen LogP contribution is -2.52. The Morgan fingerprint density at radius 2 is 1.59 bits per heavy atom. The smallest absolute Gasteiger partial charge is 0.401 e. The Balaban J connectivity index is 2.31. The van der Waals surface area contributed by atoms with Crippen molar-refractivity contribution in [2.24, 2.45) is 11.3 Å². The van der Waals surface area contributed by atoms with Crippen LogP contribution in [-0.2, 0) is 4.79 Å². The standard InChI is InChI=1S/C12H16F6N2O2/c13-11(14,15)7(12(16,17)18)6-5-10(1-3-19-4-2-10)8(20-6)9(21)22/h6-8,19-20H,1-5H2,(H,21,22). The highest BCUT2D eigenvalue weighted by atomic mass is 19.4. The topological polar surface area (TPSA) is 61.4 Å². The fourth-order valence-electron chi connectivity index (χ4n) is 3.61. The van der Waals surface area contributed by atoms with Crippen molar-refractivity contribution < 1.29 is 36.2 Å². The van der Waals surface area contributed by atoms with Gasteiger partial charge in [-0.2, -0.15) is 26.3 Å². The van der Waals surface area contributed by atoms with E-state index in [1.807, 2.05) is 0 Å². The highest BCUT2D eigenvalue weighted by molar-refractivity contribution is 5.75. The third kappa shape index (κ3) is 3.17. The van der Waals surface area contributed by atoms with E-state index in [1.165, 1.54) is 0 Å². The molecule has 2 heterocycles. The molecule has 0 amide bonds. The summed E-state index contributed by atoms with van der Waals surface area (Å²) in [6.45, 7) is 0.752. The summed E-state index contributed by atoms with van der Waals surface area (Å²) in [5, 5.41) is 14.2. The number of carboxylic acids is 1. The number of carboxylic acid groups (broad SMARTS) is 1. The van der Waals surface area contributed by atoms with Crippen LogP contribution in [0.2, 0.25) is 0 Å². The Labute approximate surface area is 122 Å². The van der Waals surface area contributed by atoms with E-state index >= 15 is 0 Å². The van der Waals surface area contributed by atoms with Crippen LogP contribution in [0.4, 0.5) is 26.3 Å². The number of alkyl halides is 6. The molecule has 0 aliphatic carbocycles. The molecule has 3 N–H and O–H groups in total. The van der Waals surface area contributed by atoms with E-state index in [0.717, 1.165) is 0 Å². The predicted molar refractivity (Wildman–Crippen MR) is 63.1 cm³/mol. The van der Waals surface area contributed by atoms with Gasteiger partial charge in [-0.3, -0.25) is 4.79 Å². The molecule has 0 radical (unpaired) electrons. The van der Waals surface area contributed by atoms with Crippen molar-refractivity contribution in [2.75, 3.05) is 13.1 Å². The molecule has 10 heteroatoms. The van der Waals surface area contributed by atoms with Crippen LogP contribution in [0, 0.1) is 11.3 Å². The van der Waals surface area contributed by atoms with Crippen LogP contribution in [0.3, 0.4) is 0 Å². The first-order chi connectivity index (χ1) is 9.97. The van der Waals surface area contributed by atoms with Crippen molar-refractivity contribution >= 4 is 5.97 Å². The van der Waals surface area contributed by atoms with Crippen LogP contribution in [0.5, 0.6) is 0 Å². The minimum absolute atomic E-state index is 0.232. The predicted octanol–water partition coefficient (Wildman–Crippen LogP) is 1.91. The van der Waals surface area contributed by atoms with Gasteiger partial charge in [0.05, 0.1) is 0 Å². The molecule has 2 unspecified atom stereocenters. The Bertz CT molecular complexity index is 416. The van der Waals surface area contributed by atoms with Crippen LogP contribution >= 0.6 is 0 Å². The Kier molecular flexibility index (Phi) is 4.37. The average molecular weight is 334 g/mol. The van der Waals surface area contributed by atoms with E-state index < -0.39 is 48.2 Å². The first kappa shape index (κ1) is 17.3. The van der Waals surface area contributed by atoms with Gasteiger partial charge in [-0.05, 0) is 32.4 Å². The highest BCUT2D eigenvalue weighted by Gasteiger charge is 2.65. The van der Waals surface area contributed by atoms with Crippen molar-refractivity contribution in [2.45, 2.75) is 43.7 Å². The Morgan fingerprint density at radius 1 is 1.09 bits per heavy atom. The van der Waals surface area contributed by atoms with Gasteiger partial charge < -0.3 is 15.7 Å². The monoisotopic (exact) mass is 334 g/mol. The molecule has 22 heavy (non-hydrogen) atoms. The maximum atomic E-state index is 12.8. The zero-order valence-electron chi connectivity index (χ0n) is 11.4. The van der Waals surface area contributed by atoms with Gasteiger partial charge >= 0.3 is 18.3 Å². The SMILES string of the molecule is O=C(O)C1NC(C(C(F)(F)F)C(F)(F)F)CC12CCNCC2. The summed E-state index contributed by atoms with van der Waals surface area (Å²) in [7, 11) is 0. The third-order valence-electron chi connectivity index (χ3n) is 4.57. The Hall–Kier alpha value is -1.03. The minimum Gasteiger partial charge on any atom is -0.480 e. The fraction of sp³-hybridized carbons (Fsp3) is 0.917. The first-order valence-electron chi connectivity index (χ1n) is 6.80. The number of carbonyl (C=O) groups is 1. The molecule has 128 valence electrons. The van der Waals surface area contributed by atoms with Crippen molar-refractivity contribution in [1.82, 2.24) is 10.6 Å². The Morgan fingerprint density at radius 3 is 2.00 bits per heavy atom. The second-order valence-electron chi connectivity index (χ2n) is 5.92. The summed E-state index contributed by atoms with van der Waals surface area (Å²) in [6.07, 6.45) is -10.9. The average Bonchev–Trinajstić information content (AvgIpc) is 2.65. The van der Waals surface area contributed by atoms with E-state index in [1.54, 1.807) is 0 Å². The van der Waals surface area contributed by atoms with Gasteiger partial charge in [-0.15, -0.1) is 0 Å².